The molecule has 0 bridgehead atoms. The molecule has 9 heteroatoms. The molecule has 1 aromatic carbocycles. The zero-order chi connectivity index (χ0) is 22.3. The van der Waals surface area contributed by atoms with Gasteiger partial charge in [-0.05, 0) is 50.7 Å². The van der Waals surface area contributed by atoms with Gasteiger partial charge in [-0.25, -0.2) is 4.39 Å². The zero-order valence-electron chi connectivity index (χ0n) is 17.6. The van der Waals surface area contributed by atoms with Crippen molar-refractivity contribution in [3.05, 3.63) is 46.9 Å². The van der Waals surface area contributed by atoms with E-state index in [0.29, 0.717) is 30.2 Å². The SMILES string of the molecule is COCCNC(=O)CN(C)CC(=O)Nc1c(C#N)c(C)c(C)n1-c1ccc(F)cc1. The van der Waals surface area contributed by atoms with E-state index in [1.807, 2.05) is 6.92 Å². The lowest BCUT2D eigenvalue weighted by Crippen LogP contribution is -2.40. The first-order chi connectivity index (χ1) is 14.3. The summed E-state index contributed by atoms with van der Waals surface area (Å²) in [7, 11) is 3.19. The van der Waals surface area contributed by atoms with Crippen molar-refractivity contribution < 1.29 is 18.7 Å². The number of likely N-dealkylation sites (N-methyl/N-ethyl adjacent to an activating group) is 1. The molecule has 0 radical (unpaired) electrons. The molecule has 0 aliphatic heterocycles. The van der Waals surface area contributed by atoms with E-state index < -0.39 is 0 Å². The number of halogens is 1. The van der Waals surface area contributed by atoms with Crippen LogP contribution in [0.25, 0.3) is 5.69 Å². The molecule has 0 saturated carbocycles. The van der Waals surface area contributed by atoms with E-state index in [-0.39, 0.29) is 30.7 Å². The van der Waals surface area contributed by atoms with Gasteiger partial charge in [0.2, 0.25) is 11.8 Å². The Balaban J connectivity index is 2.16. The number of hydrogen-bond donors (Lipinski definition) is 2. The van der Waals surface area contributed by atoms with Gasteiger partial charge in [0.05, 0.1) is 25.3 Å². The summed E-state index contributed by atoms with van der Waals surface area (Å²) in [5.41, 5.74) is 2.45. The number of aromatic nitrogens is 1. The molecule has 30 heavy (non-hydrogen) atoms. The fraction of sp³-hybridized carbons (Fsp3) is 0.381. The maximum Gasteiger partial charge on any atom is 0.239 e. The van der Waals surface area contributed by atoms with Crippen LogP contribution in [0.4, 0.5) is 10.2 Å². The van der Waals surface area contributed by atoms with Gasteiger partial charge in [0.1, 0.15) is 17.7 Å². The Kier molecular flexibility index (Phi) is 8.09. The van der Waals surface area contributed by atoms with Crippen molar-refractivity contribution in [3.8, 4) is 11.8 Å². The van der Waals surface area contributed by atoms with Crippen LogP contribution in [0.5, 0.6) is 0 Å². The van der Waals surface area contributed by atoms with Gasteiger partial charge in [0.15, 0.2) is 0 Å². The predicted molar refractivity (Wildman–Crippen MR) is 111 cm³/mol. The minimum absolute atomic E-state index is 0.0409. The number of amides is 2. The Labute approximate surface area is 175 Å². The number of methoxy groups -OCH3 is 1. The smallest absolute Gasteiger partial charge is 0.239 e. The molecular weight excluding hydrogens is 389 g/mol. The van der Waals surface area contributed by atoms with Crippen LogP contribution in [0.2, 0.25) is 0 Å². The quantitative estimate of drug-likeness (QED) is 0.608. The molecule has 0 aliphatic carbocycles. The molecule has 2 aromatic rings. The van der Waals surface area contributed by atoms with Crippen molar-refractivity contribution in [2.45, 2.75) is 13.8 Å². The molecule has 160 valence electrons. The van der Waals surface area contributed by atoms with Gasteiger partial charge in [0, 0.05) is 25.0 Å². The largest absolute Gasteiger partial charge is 0.383 e. The molecule has 2 amide bonds. The minimum Gasteiger partial charge on any atom is -0.383 e. The molecule has 1 aromatic heterocycles. The fourth-order valence-electron chi connectivity index (χ4n) is 3.04. The maximum absolute atomic E-state index is 13.3. The van der Waals surface area contributed by atoms with Crippen molar-refractivity contribution in [2.24, 2.45) is 0 Å². The molecule has 0 atom stereocenters. The number of ether oxygens (including phenoxy) is 1. The summed E-state index contributed by atoms with van der Waals surface area (Å²) in [4.78, 5) is 26.0. The maximum atomic E-state index is 13.3. The monoisotopic (exact) mass is 415 g/mol. The summed E-state index contributed by atoms with van der Waals surface area (Å²) < 4.78 is 19.9. The number of hydrogen-bond acceptors (Lipinski definition) is 5. The standard InChI is InChI=1S/C21H26FN5O3/c1-14-15(2)27(17-7-5-16(22)6-8-17)21(18(14)11-23)25-20(29)13-26(3)12-19(28)24-9-10-30-4/h5-8H,9-10,12-13H2,1-4H3,(H,24,28)(H,25,29). The third kappa shape index (κ3) is 5.65. The Morgan fingerprint density at radius 2 is 1.83 bits per heavy atom. The number of nitrogens with zero attached hydrogens (tertiary/aromatic N) is 3. The first-order valence-corrected chi connectivity index (χ1v) is 9.40. The topological polar surface area (TPSA) is 99.4 Å². The zero-order valence-corrected chi connectivity index (χ0v) is 17.6. The first-order valence-electron chi connectivity index (χ1n) is 9.40. The molecule has 2 rings (SSSR count). The summed E-state index contributed by atoms with van der Waals surface area (Å²) in [6.45, 7) is 4.41. The normalized spacial score (nSPS) is 10.7. The number of nitrogens with one attached hydrogen (secondary N) is 2. The van der Waals surface area contributed by atoms with Crippen molar-refractivity contribution in [3.63, 3.8) is 0 Å². The van der Waals surface area contributed by atoms with Crippen molar-refractivity contribution >= 4 is 17.6 Å². The van der Waals surface area contributed by atoms with E-state index >= 15 is 0 Å². The Morgan fingerprint density at radius 3 is 2.43 bits per heavy atom. The predicted octanol–water partition coefficient (Wildman–Crippen LogP) is 1.74. The highest BCUT2D eigenvalue weighted by molar-refractivity contribution is 5.94. The van der Waals surface area contributed by atoms with Crippen LogP contribution in [0.3, 0.4) is 0 Å². The number of carbonyl (C=O) groups excluding carboxylic acids is 2. The van der Waals surface area contributed by atoms with Crippen LogP contribution >= 0.6 is 0 Å². The van der Waals surface area contributed by atoms with E-state index in [4.69, 9.17) is 4.74 Å². The van der Waals surface area contributed by atoms with Gasteiger partial charge >= 0.3 is 0 Å². The summed E-state index contributed by atoms with van der Waals surface area (Å²) in [6, 6.07) is 7.92. The van der Waals surface area contributed by atoms with Crippen LogP contribution in [-0.4, -0.2) is 61.7 Å². The van der Waals surface area contributed by atoms with Gasteiger partial charge in [-0.3, -0.25) is 19.1 Å². The number of benzene rings is 1. The van der Waals surface area contributed by atoms with Gasteiger partial charge in [0.25, 0.3) is 0 Å². The van der Waals surface area contributed by atoms with Crippen molar-refractivity contribution in [1.82, 2.24) is 14.8 Å². The highest BCUT2D eigenvalue weighted by atomic mass is 19.1. The van der Waals surface area contributed by atoms with Gasteiger partial charge < -0.3 is 15.4 Å². The second kappa shape index (κ2) is 10.5. The number of anilines is 1. The molecule has 0 fully saturated rings. The number of rotatable bonds is 9. The van der Waals surface area contributed by atoms with E-state index in [1.165, 1.54) is 12.1 Å². The average molecular weight is 415 g/mol. The highest BCUT2D eigenvalue weighted by Crippen LogP contribution is 2.30. The van der Waals surface area contributed by atoms with Crippen LogP contribution in [0.15, 0.2) is 24.3 Å². The lowest BCUT2D eigenvalue weighted by atomic mass is 10.2. The van der Waals surface area contributed by atoms with Gasteiger partial charge in [-0.2, -0.15) is 5.26 Å². The minimum atomic E-state index is -0.378. The molecule has 8 nitrogen and oxygen atoms in total. The van der Waals surface area contributed by atoms with E-state index in [1.54, 1.807) is 42.7 Å². The van der Waals surface area contributed by atoms with Crippen LogP contribution < -0.4 is 10.6 Å². The second-order valence-corrected chi connectivity index (χ2v) is 6.92. The molecule has 0 aliphatic rings. The molecule has 0 saturated heterocycles. The molecule has 0 spiro atoms. The van der Waals surface area contributed by atoms with Crippen molar-refractivity contribution in [1.29, 1.82) is 5.26 Å². The summed E-state index contributed by atoms with van der Waals surface area (Å²) in [5, 5.41) is 15.1. The van der Waals surface area contributed by atoms with Gasteiger partial charge in [-0.1, -0.05) is 0 Å². The van der Waals surface area contributed by atoms with Crippen LogP contribution in [0.1, 0.15) is 16.8 Å². The Morgan fingerprint density at radius 1 is 1.20 bits per heavy atom. The molecular formula is C21H26FN5O3. The summed E-state index contributed by atoms with van der Waals surface area (Å²) in [6.07, 6.45) is 0. The molecule has 0 unspecified atom stereocenters. The van der Waals surface area contributed by atoms with Crippen LogP contribution in [-0.2, 0) is 14.3 Å². The third-order valence-corrected chi connectivity index (χ3v) is 4.62. The van der Waals surface area contributed by atoms with Gasteiger partial charge in [-0.15, -0.1) is 0 Å². The number of carbonyl (C=O) groups is 2. The Bertz CT molecular complexity index is 947. The molecule has 2 N–H and O–H groups in total. The van der Waals surface area contributed by atoms with Crippen LogP contribution in [0, 0.1) is 31.0 Å². The summed E-state index contributed by atoms with van der Waals surface area (Å²) >= 11 is 0. The highest BCUT2D eigenvalue weighted by Gasteiger charge is 2.21. The number of nitriles is 1. The lowest BCUT2D eigenvalue weighted by molar-refractivity contribution is -0.123. The first kappa shape index (κ1) is 23.1. The van der Waals surface area contributed by atoms with E-state index in [9.17, 15) is 19.2 Å². The molecule has 1 heterocycles. The third-order valence-electron chi connectivity index (χ3n) is 4.62. The second-order valence-electron chi connectivity index (χ2n) is 6.92. The fourth-order valence-corrected chi connectivity index (χ4v) is 3.04. The van der Waals surface area contributed by atoms with E-state index in [0.717, 1.165) is 11.3 Å². The summed E-state index contributed by atoms with van der Waals surface area (Å²) in [5.74, 6) is -0.653. The Hall–Kier alpha value is -3.22. The lowest BCUT2D eigenvalue weighted by Gasteiger charge is -2.17. The van der Waals surface area contributed by atoms with E-state index in [2.05, 4.69) is 16.7 Å². The average Bonchev–Trinajstić information content (AvgIpc) is 2.92. The van der Waals surface area contributed by atoms with Crippen molar-refractivity contribution in [2.75, 3.05) is 45.7 Å².